The minimum absolute atomic E-state index is 0.0786. The number of hydrogen-bond acceptors (Lipinski definition) is 4. The van der Waals surface area contributed by atoms with Gasteiger partial charge in [-0.25, -0.2) is 18.3 Å². The fraction of sp³-hybridized carbons (Fsp3) is 0.0833. The molecule has 0 saturated carbocycles. The first kappa shape index (κ1) is 23.1. The lowest BCUT2D eigenvalue weighted by atomic mass is 10.1. The molecule has 0 atom stereocenters. The smallest absolute Gasteiger partial charge is 0.319 e. The summed E-state index contributed by atoms with van der Waals surface area (Å²) in [4.78, 5) is 12.6. The second kappa shape index (κ2) is 10.2. The molecule has 174 valence electrons. The number of amides is 2. The summed E-state index contributed by atoms with van der Waals surface area (Å²) in [5, 5.41) is 10.2. The molecule has 0 radical (unpaired) electrons. The highest BCUT2D eigenvalue weighted by molar-refractivity contribution is 6.30. The fourth-order valence-electron chi connectivity index (χ4n) is 3.20. The second-order valence-electron chi connectivity index (χ2n) is 7.17. The number of halogens is 3. The van der Waals surface area contributed by atoms with Crippen LogP contribution in [-0.2, 0) is 0 Å². The van der Waals surface area contributed by atoms with Gasteiger partial charge in [0.05, 0.1) is 6.54 Å². The van der Waals surface area contributed by atoms with Gasteiger partial charge in [-0.05, 0) is 36.4 Å². The highest BCUT2D eigenvalue weighted by atomic mass is 35.5. The summed E-state index contributed by atoms with van der Waals surface area (Å²) in [5.74, 6) is -0.792. The third-order valence-electron chi connectivity index (χ3n) is 4.81. The predicted octanol–water partition coefficient (Wildman–Crippen LogP) is 5.25. The van der Waals surface area contributed by atoms with Crippen molar-refractivity contribution < 1.29 is 18.3 Å². The highest BCUT2D eigenvalue weighted by Crippen LogP contribution is 2.35. The van der Waals surface area contributed by atoms with Crippen molar-refractivity contribution in [3.63, 3.8) is 0 Å². The zero-order valence-electron chi connectivity index (χ0n) is 17.8. The van der Waals surface area contributed by atoms with Crippen LogP contribution >= 0.6 is 11.6 Å². The molecule has 4 N–H and O–H groups in total. The predicted molar refractivity (Wildman–Crippen MR) is 127 cm³/mol. The quantitative estimate of drug-likeness (QED) is 0.313. The van der Waals surface area contributed by atoms with Crippen LogP contribution in [0.15, 0.2) is 72.8 Å². The molecule has 7 nitrogen and oxygen atoms in total. The largest absolute Gasteiger partial charge is 0.492 e. The van der Waals surface area contributed by atoms with E-state index in [0.29, 0.717) is 16.3 Å². The number of aromatic nitrogens is 2. The Morgan fingerprint density at radius 3 is 2.53 bits per heavy atom. The third kappa shape index (κ3) is 5.26. The lowest BCUT2D eigenvalue weighted by Crippen LogP contribution is -2.32. The lowest BCUT2D eigenvalue weighted by Gasteiger charge is -2.10. The fourth-order valence-corrected chi connectivity index (χ4v) is 3.33. The van der Waals surface area contributed by atoms with Gasteiger partial charge < -0.3 is 21.1 Å². The van der Waals surface area contributed by atoms with Gasteiger partial charge in [-0.1, -0.05) is 41.9 Å². The molecule has 3 aromatic carbocycles. The maximum atomic E-state index is 14.4. The molecule has 4 rings (SSSR count). The molecular weight excluding hydrogens is 464 g/mol. The lowest BCUT2D eigenvalue weighted by molar-refractivity contribution is 0.247. The molecule has 2 amide bonds. The summed E-state index contributed by atoms with van der Waals surface area (Å²) >= 11 is 5.98. The van der Waals surface area contributed by atoms with Crippen LogP contribution in [0.4, 0.5) is 25.1 Å². The average molecular weight is 484 g/mol. The van der Waals surface area contributed by atoms with E-state index in [1.54, 1.807) is 36.4 Å². The van der Waals surface area contributed by atoms with Gasteiger partial charge in [0.15, 0.2) is 5.82 Å². The number of benzene rings is 3. The number of carbonyl (C=O) groups excluding carboxylic acids is 1. The van der Waals surface area contributed by atoms with Crippen LogP contribution in [0.3, 0.4) is 0 Å². The van der Waals surface area contributed by atoms with Gasteiger partial charge in [-0.3, -0.25) is 0 Å². The molecule has 0 fully saturated rings. The first-order chi connectivity index (χ1) is 16.4. The standard InChI is InChI=1S/C24H20ClF2N5O2/c25-16-8-6-15(7-9-16)21-22(23(28)32(31-21)20-14-17(26)10-11-19(20)27)30-24(33)29-12-13-34-18-4-2-1-3-5-18/h1-11,14H,12-13,28H2,(H2,29,30,33). The number of nitrogen functional groups attached to an aromatic ring is 1. The van der Waals surface area contributed by atoms with Crippen molar-refractivity contribution in [3.8, 4) is 22.7 Å². The first-order valence-corrected chi connectivity index (χ1v) is 10.6. The minimum atomic E-state index is -0.729. The van der Waals surface area contributed by atoms with E-state index in [4.69, 9.17) is 22.1 Å². The zero-order chi connectivity index (χ0) is 24.1. The Labute approximate surface area is 199 Å². The summed E-state index contributed by atoms with van der Waals surface area (Å²) < 4.78 is 34.8. The number of nitrogens with two attached hydrogens (primary N) is 1. The molecule has 1 aromatic heterocycles. The Morgan fingerprint density at radius 1 is 1.06 bits per heavy atom. The molecule has 1 heterocycles. The Hall–Kier alpha value is -4.11. The molecule has 0 aliphatic rings. The molecule has 0 unspecified atom stereocenters. The van der Waals surface area contributed by atoms with Crippen molar-refractivity contribution >= 4 is 29.1 Å². The second-order valence-corrected chi connectivity index (χ2v) is 7.60. The van der Waals surface area contributed by atoms with Crippen molar-refractivity contribution in [1.82, 2.24) is 15.1 Å². The maximum Gasteiger partial charge on any atom is 0.319 e. The average Bonchev–Trinajstić information content (AvgIpc) is 3.15. The van der Waals surface area contributed by atoms with E-state index >= 15 is 0 Å². The summed E-state index contributed by atoms with van der Waals surface area (Å²) in [6.45, 7) is 0.453. The number of anilines is 2. The highest BCUT2D eigenvalue weighted by Gasteiger charge is 2.22. The van der Waals surface area contributed by atoms with E-state index in [1.165, 1.54) is 0 Å². The Bertz CT molecular complexity index is 1300. The molecule has 0 saturated heterocycles. The van der Waals surface area contributed by atoms with Crippen LogP contribution in [0.5, 0.6) is 5.75 Å². The van der Waals surface area contributed by atoms with Crippen LogP contribution in [0.1, 0.15) is 0 Å². The van der Waals surface area contributed by atoms with Crippen molar-refractivity contribution in [3.05, 3.63) is 89.5 Å². The van der Waals surface area contributed by atoms with E-state index in [2.05, 4.69) is 15.7 Å². The van der Waals surface area contributed by atoms with E-state index in [0.717, 1.165) is 22.9 Å². The molecule has 0 spiro atoms. The van der Waals surface area contributed by atoms with Crippen LogP contribution in [0.2, 0.25) is 5.02 Å². The van der Waals surface area contributed by atoms with E-state index < -0.39 is 17.7 Å². The van der Waals surface area contributed by atoms with E-state index in [-0.39, 0.29) is 36.0 Å². The van der Waals surface area contributed by atoms with Gasteiger partial charge in [0.25, 0.3) is 0 Å². The number of para-hydroxylation sites is 1. The van der Waals surface area contributed by atoms with Crippen LogP contribution in [-0.4, -0.2) is 29.0 Å². The summed E-state index contributed by atoms with van der Waals surface area (Å²) in [6, 6.07) is 18.1. The third-order valence-corrected chi connectivity index (χ3v) is 5.07. The van der Waals surface area contributed by atoms with Crippen molar-refractivity contribution in [2.75, 3.05) is 24.2 Å². The summed E-state index contributed by atoms with van der Waals surface area (Å²) in [5.41, 5.74) is 6.98. The monoisotopic (exact) mass is 483 g/mol. The molecule has 4 aromatic rings. The SMILES string of the molecule is Nc1c(NC(=O)NCCOc2ccccc2)c(-c2ccc(Cl)cc2)nn1-c1cc(F)ccc1F. The van der Waals surface area contributed by atoms with E-state index in [9.17, 15) is 13.6 Å². The number of ether oxygens (including phenoxy) is 1. The molecule has 0 bridgehead atoms. The van der Waals surface area contributed by atoms with Gasteiger partial charge in [0.2, 0.25) is 0 Å². The number of carbonyl (C=O) groups is 1. The molecule has 34 heavy (non-hydrogen) atoms. The molecule has 10 heteroatoms. The number of nitrogens with zero attached hydrogens (tertiary/aromatic N) is 2. The van der Waals surface area contributed by atoms with Gasteiger partial charge in [-0.2, -0.15) is 5.10 Å². The zero-order valence-corrected chi connectivity index (χ0v) is 18.5. The number of hydrogen-bond donors (Lipinski definition) is 3. The van der Waals surface area contributed by atoms with Crippen molar-refractivity contribution in [1.29, 1.82) is 0 Å². The van der Waals surface area contributed by atoms with Gasteiger partial charge >= 0.3 is 6.03 Å². The molecular formula is C24H20ClF2N5O2. The topological polar surface area (TPSA) is 94.2 Å². The minimum Gasteiger partial charge on any atom is -0.492 e. The number of urea groups is 1. The Balaban J connectivity index is 1.57. The molecule has 0 aliphatic carbocycles. The normalized spacial score (nSPS) is 10.7. The van der Waals surface area contributed by atoms with Crippen molar-refractivity contribution in [2.45, 2.75) is 0 Å². The number of rotatable bonds is 7. The number of nitrogens with one attached hydrogen (secondary N) is 2. The van der Waals surface area contributed by atoms with E-state index in [1.807, 2.05) is 18.2 Å². The van der Waals surface area contributed by atoms with Crippen LogP contribution in [0.25, 0.3) is 16.9 Å². The van der Waals surface area contributed by atoms with Gasteiger partial charge in [0, 0.05) is 16.7 Å². The van der Waals surface area contributed by atoms with Gasteiger partial charge in [-0.15, -0.1) is 0 Å². The first-order valence-electron chi connectivity index (χ1n) is 10.2. The Morgan fingerprint density at radius 2 is 1.79 bits per heavy atom. The van der Waals surface area contributed by atoms with Crippen LogP contribution < -0.4 is 21.1 Å². The van der Waals surface area contributed by atoms with Crippen molar-refractivity contribution in [2.24, 2.45) is 0 Å². The molecule has 0 aliphatic heterocycles. The van der Waals surface area contributed by atoms with Crippen LogP contribution in [0, 0.1) is 11.6 Å². The summed E-state index contributed by atoms with van der Waals surface area (Å²) in [7, 11) is 0. The summed E-state index contributed by atoms with van der Waals surface area (Å²) in [6.07, 6.45) is 0. The Kier molecular flexibility index (Phi) is 6.93. The van der Waals surface area contributed by atoms with Gasteiger partial charge in [0.1, 0.15) is 41.1 Å². The maximum absolute atomic E-state index is 14.4.